The van der Waals surface area contributed by atoms with E-state index < -0.39 is 0 Å². The van der Waals surface area contributed by atoms with Crippen LogP contribution in [0.25, 0.3) is 11.0 Å². The van der Waals surface area contributed by atoms with Crippen LogP contribution in [0.3, 0.4) is 0 Å². The minimum Gasteiger partial charge on any atom is -0.376 e. The number of nitrogens with one attached hydrogen (secondary N) is 2. The normalized spacial score (nSPS) is 20.8. The number of ether oxygens (including phenoxy) is 1. The summed E-state index contributed by atoms with van der Waals surface area (Å²) in [7, 11) is 1.60. The standard InChI is InChI=1S/C25H30N6O3/c1-3-17-11-20-21(29-24(17)32)10-16(12-27-20)14-31-8-7-30(15-22(31)23-6-9-34-23)18-4-5-19(28-13-18)25(33)26-2/h4-5,10-13,22-23H,3,6-9,14-15H2,1-2H3,(H,26,33)(H,29,32). The molecular weight excluding hydrogens is 432 g/mol. The van der Waals surface area contributed by atoms with Gasteiger partial charge in [-0.1, -0.05) is 6.92 Å². The third-order valence-electron chi connectivity index (χ3n) is 6.86. The summed E-state index contributed by atoms with van der Waals surface area (Å²) in [6.45, 7) is 6.05. The van der Waals surface area contributed by atoms with Crippen LogP contribution in [-0.4, -0.2) is 71.2 Å². The lowest BCUT2D eigenvalue weighted by Crippen LogP contribution is -2.60. The van der Waals surface area contributed by atoms with Gasteiger partial charge >= 0.3 is 0 Å². The average molecular weight is 463 g/mol. The molecule has 1 amide bonds. The van der Waals surface area contributed by atoms with Crippen LogP contribution in [0.15, 0.2) is 41.5 Å². The minimum atomic E-state index is -0.187. The molecule has 5 heterocycles. The second kappa shape index (κ2) is 9.52. The summed E-state index contributed by atoms with van der Waals surface area (Å²) < 4.78 is 5.90. The first kappa shape index (κ1) is 22.5. The Kier molecular flexibility index (Phi) is 6.30. The predicted octanol–water partition coefficient (Wildman–Crippen LogP) is 1.72. The van der Waals surface area contributed by atoms with E-state index in [-0.39, 0.29) is 23.6 Å². The molecule has 9 heteroatoms. The molecule has 34 heavy (non-hydrogen) atoms. The van der Waals surface area contributed by atoms with E-state index in [1.165, 1.54) is 0 Å². The summed E-state index contributed by atoms with van der Waals surface area (Å²) >= 11 is 0. The number of rotatable bonds is 6. The van der Waals surface area contributed by atoms with Crippen LogP contribution in [-0.2, 0) is 17.7 Å². The maximum atomic E-state index is 12.3. The first-order chi connectivity index (χ1) is 16.6. The summed E-state index contributed by atoms with van der Waals surface area (Å²) in [5, 5.41) is 2.60. The van der Waals surface area contributed by atoms with Crippen LogP contribution in [0.1, 0.15) is 35.0 Å². The molecule has 3 aromatic rings. The molecule has 2 N–H and O–H groups in total. The van der Waals surface area contributed by atoms with Crippen molar-refractivity contribution in [2.24, 2.45) is 0 Å². The fourth-order valence-electron chi connectivity index (χ4n) is 4.77. The number of pyridine rings is 3. The van der Waals surface area contributed by atoms with E-state index in [0.717, 1.165) is 67.1 Å². The second-order valence-electron chi connectivity index (χ2n) is 8.92. The zero-order valence-electron chi connectivity index (χ0n) is 19.6. The molecule has 0 radical (unpaired) electrons. The van der Waals surface area contributed by atoms with E-state index in [4.69, 9.17) is 4.74 Å². The molecule has 2 aliphatic rings. The van der Waals surface area contributed by atoms with Gasteiger partial charge in [0.25, 0.3) is 11.5 Å². The molecule has 5 rings (SSSR count). The van der Waals surface area contributed by atoms with Gasteiger partial charge in [-0.05, 0) is 42.7 Å². The Morgan fingerprint density at radius 3 is 2.76 bits per heavy atom. The number of carbonyl (C=O) groups is 1. The van der Waals surface area contributed by atoms with E-state index >= 15 is 0 Å². The van der Waals surface area contributed by atoms with Gasteiger partial charge in [-0.25, -0.2) is 4.98 Å². The molecule has 3 aromatic heterocycles. The molecule has 2 fully saturated rings. The number of aromatic amines is 1. The minimum absolute atomic E-state index is 0.0423. The number of anilines is 1. The van der Waals surface area contributed by atoms with Crippen molar-refractivity contribution < 1.29 is 9.53 Å². The number of hydrogen-bond donors (Lipinski definition) is 2. The number of carbonyl (C=O) groups excluding carboxylic acids is 1. The van der Waals surface area contributed by atoms with Crippen LogP contribution in [0.4, 0.5) is 5.69 Å². The van der Waals surface area contributed by atoms with Crippen molar-refractivity contribution in [2.75, 3.05) is 38.2 Å². The molecular formula is C25H30N6O3. The van der Waals surface area contributed by atoms with Gasteiger partial charge in [0.15, 0.2) is 0 Å². The zero-order chi connectivity index (χ0) is 23.7. The van der Waals surface area contributed by atoms with Crippen molar-refractivity contribution in [3.63, 3.8) is 0 Å². The summed E-state index contributed by atoms with van der Waals surface area (Å²) in [5.41, 5.74) is 4.80. The maximum Gasteiger partial charge on any atom is 0.269 e. The highest BCUT2D eigenvalue weighted by atomic mass is 16.5. The third-order valence-corrected chi connectivity index (χ3v) is 6.86. The Bertz CT molecular complexity index is 1240. The van der Waals surface area contributed by atoms with Crippen LogP contribution in [0, 0.1) is 0 Å². The summed E-state index contributed by atoms with van der Waals surface area (Å²) in [4.78, 5) is 40.7. The second-order valence-corrected chi connectivity index (χ2v) is 8.92. The molecule has 2 unspecified atom stereocenters. The summed E-state index contributed by atoms with van der Waals surface area (Å²) in [6.07, 6.45) is 5.61. The Morgan fingerprint density at radius 1 is 1.24 bits per heavy atom. The van der Waals surface area contributed by atoms with Crippen molar-refractivity contribution in [3.8, 4) is 0 Å². The highest BCUT2D eigenvalue weighted by Gasteiger charge is 2.37. The molecule has 2 saturated heterocycles. The van der Waals surface area contributed by atoms with E-state index in [2.05, 4.69) is 30.1 Å². The largest absolute Gasteiger partial charge is 0.376 e. The first-order valence-electron chi connectivity index (χ1n) is 11.8. The van der Waals surface area contributed by atoms with E-state index in [9.17, 15) is 9.59 Å². The third kappa shape index (κ3) is 4.41. The zero-order valence-corrected chi connectivity index (χ0v) is 19.6. The summed E-state index contributed by atoms with van der Waals surface area (Å²) in [5.74, 6) is -0.187. The van der Waals surface area contributed by atoms with Crippen LogP contribution in [0.5, 0.6) is 0 Å². The lowest BCUT2D eigenvalue weighted by atomic mass is 9.98. The maximum absolute atomic E-state index is 12.3. The highest BCUT2D eigenvalue weighted by Crippen LogP contribution is 2.27. The Hall–Kier alpha value is -3.30. The van der Waals surface area contributed by atoms with Crippen LogP contribution in [0.2, 0.25) is 0 Å². The van der Waals surface area contributed by atoms with Gasteiger partial charge in [0.2, 0.25) is 0 Å². The molecule has 0 spiro atoms. The Balaban J connectivity index is 1.33. The smallest absolute Gasteiger partial charge is 0.269 e. The van der Waals surface area contributed by atoms with Gasteiger partial charge in [0, 0.05) is 51.6 Å². The van der Waals surface area contributed by atoms with Crippen molar-refractivity contribution in [1.82, 2.24) is 25.2 Å². The van der Waals surface area contributed by atoms with E-state index in [1.54, 1.807) is 19.3 Å². The molecule has 9 nitrogen and oxygen atoms in total. The Labute approximate surface area is 198 Å². The van der Waals surface area contributed by atoms with Crippen molar-refractivity contribution in [3.05, 3.63) is 63.8 Å². The number of piperazine rings is 1. The number of nitrogens with zero attached hydrogens (tertiary/aromatic N) is 4. The van der Waals surface area contributed by atoms with Gasteiger partial charge in [0.1, 0.15) is 5.69 Å². The molecule has 178 valence electrons. The highest BCUT2D eigenvalue weighted by molar-refractivity contribution is 5.92. The number of H-pyrrole nitrogens is 1. The molecule has 0 aliphatic carbocycles. The molecule has 2 aliphatic heterocycles. The quantitative estimate of drug-likeness (QED) is 0.575. The first-order valence-corrected chi connectivity index (χ1v) is 11.8. The summed E-state index contributed by atoms with van der Waals surface area (Å²) in [6, 6.07) is 7.88. The number of fused-ring (bicyclic) bond motifs is 1. The fraction of sp³-hybridized carbons (Fsp3) is 0.440. The number of aryl methyl sites for hydroxylation is 1. The number of hydrogen-bond acceptors (Lipinski definition) is 7. The average Bonchev–Trinajstić information content (AvgIpc) is 2.83. The lowest BCUT2D eigenvalue weighted by molar-refractivity contribution is -0.102. The number of aromatic nitrogens is 3. The van der Waals surface area contributed by atoms with Crippen LogP contribution >= 0.6 is 0 Å². The van der Waals surface area contributed by atoms with Gasteiger partial charge < -0.3 is 19.9 Å². The molecule has 0 aromatic carbocycles. The number of amides is 1. The molecule has 2 atom stereocenters. The van der Waals surface area contributed by atoms with Crippen molar-refractivity contribution in [2.45, 2.75) is 38.5 Å². The Morgan fingerprint density at radius 2 is 2.09 bits per heavy atom. The predicted molar refractivity (Wildman–Crippen MR) is 130 cm³/mol. The fourth-order valence-corrected chi connectivity index (χ4v) is 4.77. The van der Waals surface area contributed by atoms with Gasteiger partial charge in [-0.3, -0.25) is 19.5 Å². The molecule has 0 bridgehead atoms. The van der Waals surface area contributed by atoms with Gasteiger partial charge in [0.05, 0.1) is 35.1 Å². The van der Waals surface area contributed by atoms with E-state index in [0.29, 0.717) is 12.1 Å². The topological polar surface area (TPSA) is 103 Å². The van der Waals surface area contributed by atoms with E-state index in [1.807, 2.05) is 31.3 Å². The van der Waals surface area contributed by atoms with Crippen molar-refractivity contribution in [1.29, 1.82) is 0 Å². The monoisotopic (exact) mass is 462 g/mol. The molecule has 0 saturated carbocycles. The van der Waals surface area contributed by atoms with Crippen molar-refractivity contribution >= 4 is 22.6 Å². The van der Waals surface area contributed by atoms with Gasteiger partial charge in [-0.15, -0.1) is 0 Å². The van der Waals surface area contributed by atoms with Crippen LogP contribution < -0.4 is 15.8 Å². The van der Waals surface area contributed by atoms with Gasteiger partial charge in [-0.2, -0.15) is 0 Å². The SMILES string of the molecule is CCc1cc2ncc(CN3CCN(c4ccc(C(=O)NC)nc4)CC3C3CCO3)cc2[nH]c1=O. The lowest BCUT2D eigenvalue weighted by Gasteiger charge is -2.47.